The average molecular weight is 202 g/mol. The quantitative estimate of drug-likeness (QED) is 0.649. The van der Waals surface area contributed by atoms with Gasteiger partial charge in [-0.25, -0.2) is 0 Å². The Bertz CT molecular complexity index is 511. The maximum Gasteiger partial charge on any atom is 0.0991 e. The lowest BCUT2D eigenvalue weighted by Gasteiger charge is -2.02. The number of hydrogen-bond donors (Lipinski definition) is 0. The van der Waals surface area contributed by atoms with Gasteiger partial charge in [0.15, 0.2) is 0 Å². The number of benzene rings is 2. The Hall–Kier alpha value is -1.52. The third kappa shape index (κ3) is 1.45. The summed E-state index contributed by atoms with van der Waals surface area (Å²) in [6.45, 7) is 0. The molecule has 0 bridgehead atoms. The Labute approximate surface area is 87.5 Å². The Morgan fingerprint density at radius 2 is 2.07 bits per heavy atom. The van der Waals surface area contributed by atoms with Crippen LogP contribution >= 0.6 is 11.6 Å². The number of fused-ring (bicyclic) bond motifs is 1. The van der Waals surface area contributed by atoms with Crippen LogP contribution in [0.2, 0.25) is 0 Å². The van der Waals surface area contributed by atoms with Crippen LogP contribution in [-0.2, 0) is 5.88 Å². The van der Waals surface area contributed by atoms with Gasteiger partial charge in [0.1, 0.15) is 0 Å². The smallest absolute Gasteiger partial charge is 0.0991 e. The molecular formula is C12H8ClN. The van der Waals surface area contributed by atoms with Crippen molar-refractivity contribution in [2.75, 3.05) is 0 Å². The van der Waals surface area contributed by atoms with Gasteiger partial charge in [-0.2, -0.15) is 5.26 Å². The zero-order valence-corrected chi connectivity index (χ0v) is 8.25. The lowest BCUT2D eigenvalue weighted by atomic mass is 10.0. The minimum atomic E-state index is 0.503. The maximum absolute atomic E-state index is 8.75. The van der Waals surface area contributed by atoms with Crippen molar-refractivity contribution in [3.8, 4) is 6.07 Å². The number of rotatable bonds is 1. The van der Waals surface area contributed by atoms with Crippen LogP contribution in [0, 0.1) is 11.3 Å². The Morgan fingerprint density at radius 1 is 1.21 bits per heavy atom. The van der Waals surface area contributed by atoms with Crippen LogP contribution in [0.1, 0.15) is 11.1 Å². The van der Waals surface area contributed by atoms with E-state index in [1.165, 1.54) is 0 Å². The van der Waals surface area contributed by atoms with Crippen molar-refractivity contribution in [3.05, 3.63) is 47.5 Å². The normalized spacial score (nSPS) is 10.0. The standard InChI is InChI=1S/C12H8ClN/c13-7-11-3-1-2-10-6-9(8-14)4-5-12(10)11/h1-6H,7H2. The lowest BCUT2D eigenvalue weighted by molar-refractivity contribution is 1.44. The molecule has 0 saturated carbocycles. The van der Waals surface area contributed by atoms with Crippen molar-refractivity contribution in [2.45, 2.75) is 5.88 Å². The fourth-order valence-electron chi connectivity index (χ4n) is 1.54. The van der Waals surface area contributed by atoms with Gasteiger partial charge in [0.05, 0.1) is 11.6 Å². The van der Waals surface area contributed by atoms with E-state index in [1.54, 1.807) is 0 Å². The molecule has 1 nitrogen and oxygen atoms in total. The number of nitriles is 1. The van der Waals surface area contributed by atoms with E-state index < -0.39 is 0 Å². The van der Waals surface area contributed by atoms with Gasteiger partial charge in [-0.3, -0.25) is 0 Å². The van der Waals surface area contributed by atoms with Crippen molar-refractivity contribution in [1.29, 1.82) is 5.26 Å². The molecule has 0 fully saturated rings. The summed E-state index contributed by atoms with van der Waals surface area (Å²) in [7, 11) is 0. The summed E-state index contributed by atoms with van der Waals surface area (Å²) in [4.78, 5) is 0. The second-order valence-electron chi connectivity index (χ2n) is 3.10. The Kier molecular flexibility index (Phi) is 2.39. The predicted molar refractivity (Wildman–Crippen MR) is 58.2 cm³/mol. The van der Waals surface area contributed by atoms with Crippen LogP contribution in [0.3, 0.4) is 0 Å². The van der Waals surface area contributed by atoms with Crippen LogP contribution in [0.15, 0.2) is 36.4 Å². The van der Waals surface area contributed by atoms with Gasteiger partial charge in [-0.15, -0.1) is 11.6 Å². The van der Waals surface area contributed by atoms with Gasteiger partial charge in [0.25, 0.3) is 0 Å². The molecule has 2 aromatic rings. The molecule has 0 amide bonds. The molecule has 2 aromatic carbocycles. The molecule has 0 saturated heterocycles. The van der Waals surface area contributed by atoms with Crippen LogP contribution in [-0.4, -0.2) is 0 Å². The SMILES string of the molecule is N#Cc1ccc2c(CCl)cccc2c1. The summed E-state index contributed by atoms with van der Waals surface area (Å²) in [6, 6.07) is 13.7. The third-order valence-electron chi connectivity index (χ3n) is 2.24. The highest BCUT2D eigenvalue weighted by Gasteiger charge is 2.00. The van der Waals surface area contributed by atoms with E-state index in [9.17, 15) is 0 Å². The summed E-state index contributed by atoms with van der Waals surface area (Å²) in [5.41, 5.74) is 1.79. The Balaban J connectivity index is 2.75. The number of hydrogen-bond acceptors (Lipinski definition) is 1. The first-order valence-electron chi connectivity index (χ1n) is 4.33. The molecule has 68 valence electrons. The number of alkyl halides is 1. The van der Waals surface area contributed by atoms with Crippen LogP contribution in [0.4, 0.5) is 0 Å². The van der Waals surface area contributed by atoms with Crippen molar-refractivity contribution in [1.82, 2.24) is 0 Å². The van der Waals surface area contributed by atoms with E-state index in [2.05, 4.69) is 6.07 Å². The van der Waals surface area contributed by atoms with Gasteiger partial charge < -0.3 is 0 Å². The fraction of sp³-hybridized carbons (Fsp3) is 0.0833. The Morgan fingerprint density at radius 3 is 2.79 bits per heavy atom. The van der Waals surface area contributed by atoms with E-state index in [4.69, 9.17) is 16.9 Å². The maximum atomic E-state index is 8.75. The van der Waals surface area contributed by atoms with E-state index in [-0.39, 0.29) is 0 Å². The first-order valence-corrected chi connectivity index (χ1v) is 4.86. The zero-order chi connectivity index (χ0) is 9.97. The third-order valence-corrected chi connectivity index (χ3v) is 2.53. The average Bonchev–Trinajstić information content (AvgIpc) is 2.27. The molecule has 2 rings (SSSR count). The first-order chi connectivity index (χ1) is 6.85. The molecule has 14 heavy (non-hydrogen) atoms. The summed E-state index contributed by atoms with van der Waals surface area (Å²) in [5.74, 6) is 0.503. The molecule has 0 heterocycles. The highest BCUT2D eigenvalue weighted by atomic mass is 35.5. The van der Waals surface area contributed by atoms with Gasteiger partial charge in [-0.1, -0.05) is 24.3 Å². The van der Waals surface area contributed by atoms with E-state index >= 15 is 0 Å². The highest BCUT2D eigenvalue weighted by molar-refractivity contribution is 6.18. The van der Waals surface area contributed by atoms with Crippen molar-refractivity contribution >= 4 is 22.4 Å². The van der Waals surface area contributed by atoms with Gasteiger partial charge in [0.2, 0.25) is 0 Å². The molecule has 0 unspecified atom stereocenters. The zero-order valence-electron chi connectivity index (χ0n) is 7.50. The second-order valence-corrected chi connectivity index (χ2v) is 3.37. The summed E-state index contributed by atoms with van der Waals surface area (Å²) in [5, 5.41) is 10.9. The molecule has 0 radical (unpaired) electrons. The topological polar surface area (TPSA) is 23.8 Å². The van der Waals surface area contributed by atoms with E-state index in [1.807, 2.05) is 36.4 Å². The molecule has 0 N–H and O–H groups in total. The van der Waals surface area contributed by atoms with Gasteiger partial charge >= 0.3 is 0 Å². The van der Waals surface area contributed by atoms with E-state index in [0.717, 1.165) is 16.3 Å². The largest absolute Gasteiger partial charge is 0.192 e. The number of nitrogens with zero attached hydrogens (tertiary/aromatic N) is 1. The van der Waals surface area contributed by atoms with Crippen molar-refractivity contribution < 1.29 is 0 Å². The summed E-state index contributed by atoms with van der Waals surface area (Å²) in [6.07, 6.45) is 0. The van der Waals surface area contributed by atoms with Crippen LogP contribution in [0.5, 0.6) is 0 Å². The van der Waals surface area contributed by atoms with Crippen molar-refractivity contribution in [3.63, 3.8) is 0 Å². The van der Waals surface area contributed by atoms with Gasteiger partial charge in [0, 0.05) is 5.88 Å². The first kappa shape index (κ1) is 9.05. The molecule has 2 heteroatoms. The summed E-state index contributed by atoms with van der Waals surface area (Å²) >= 11 is 5.81. The molecule has 0 spiro atoms. The molecule has 0 aromatic heterocycles. The predicted octanol–water partition coefficient (Wildman–Crippen LogP) is 3.45. The van der Waals surface area contributed by atoms with E-state index in [0.29, 0.717) is 11.4 Å². The lowest BCUT2D eigenvalue weighted by Crippen LogP contribution is -1.82. The molecule has 0 aliphatic rings. The second kappa shape index (κ2) is 3.69. The molecule has 0 aliphatic carbocycles. The highest BCUT2D eigenvalue weighted by Crippen LogP contribution is 2.21. The minimum Gasteiger partial charge on any atom is -0.192 e. The molecule has 0 atom stereocenters. The van der Waals surface area contributed by atoms with Crippen molar-refractivity contribution in [2.24, 2.45) is 0 Å². The number of halogens is 1. The summed E-state index contributed by atoms with van der Waals surface area (Å²) < 4.78 is 0. The fourth-order valence-corrected chi connectivity index (χ4v) is 1.77. The monoisotopic (exact) mass is 201 g/mol. The molecule has 0 aliphatic heterocycles. The molecular weight excluding hydrogens is 194 g/mol. The van der Waals surface area contributed by atoms with Gasteiger partial charge in [-0.05, 0) is 28.5 Å². The van der Waals surface area contributed by atoms with Crippen LogP contribution in [0.25, 0.3) is 10.8 Å². The van der Waals surface area contributed by atoms with Crippen LogP contribution < -0.4 is 0 Å². The minimum absolute atomic E-state index is 0.503.